The number of amides is 1. The lowest BCUT2D eigenvalue weighted by Gasteiger charge is -2.13. The van der Waals surface area contributed by atoms with Crippen LogP contribution in [0.4, 0.5) is 5.69 Å². The highest BCUT2D eigenvalue weighted by molar-refractivity contribution is 5.98. The van der Waals surface area contributed by atoms with Gasteiger partial charge in [0.15, 0.2) is 0 Å². The fraction of sp³-hybridized carbons (Fsp3) is 0.143. The van der Waals surface area contributed by atoms with E-state index in [2.05, 4.69) is 15.8 Å². The van der Waals surface area contributed by atoms with Crippen molar-refractivity contribution in [1.29, 1.82) is 0 Å². The van der Waals surface area contributed by atoms with Crippen molar-refractivity contribution in [2.45, 2.75) is 20.1 Å². The molecule has 0 radical (unpaired) electrons. The lowest BCUT2D eigenvalue weighted by Crippen LogP contribution is -2.24. The summed E-state index contributed by atoms with van der Waals surface area (Å²) in [7, 11) is 0. The Balaban J connectivity index is 1.59. The molecule has 0 fully saturated rings. The molecule has 1 heterocycles. The summed E-state index contributed by atoms with van der Waals surface area (Å²) in [5, 5.41) is 3.28. The highest BCUT2D eigenvalue weighted by Gasteiger charge is 2.11. The van der Waals surface area contributed by atoms with Gasteiger partial charge in [-0.25, -0.2) is 5.48 Å². The second-order valence-electron chi connectivity index (χ2n) is 5.90. The summed E-state index contributed by atoms with van der Waals surface area (Å²) in [5.74, 6) is -0.281. The minimum Gasteiger partial charge on any atom is -0.380 e. The summed E-state index contributed by atoms with van der Waals surface area (Å²) in [6, 6.07) is 19.1. The van der Waals surface area contributed by atoms with Crippen molar-refractivity contribution in [3.05, 3.63) is 95.3 Å². The van der Waals surface area contributed by atoms with Gasteiger partial charge in [0.1, 0.15) is 6.61 Å². The molecule has 0 unspecified atom stereocenters. The third kappa shape index (κ3) is 4.68. The van der Waals surface area contributed by atoms with Gasteiger partial charge in [-0.3, -0.25) is 14.6 Å². The fourth-order valence-electron chi connectivity index (χ4n) is 2.54. The Morgan fingerprint density at radius 1 is 1.00 bits per heavy atom. The van der Waals surface area contributed by atoms with Crippen molar-refractivity contribution < 1.29 is 9.63 Å². The number of rotatable bonds is 7. The van der Waals surface area contributed by atoms with Crippen LogP contribution in [0.3, 0.4) is 0 Å². The van der Waals surface area contributed by atoms with E-state index in [4.69, 9.17) is 4.84 Å². The van der Waals surface area contributed by atoms with Crippen LogP contribution >= 0.6 is 0 Å². The van der Waals surface area contributed by atoms with Crippen LogP contribution in [0.1, 0.15) is 27.0 Å². The van der Waals surface area contributed by atoms with E-state index in [1.807, 2.05) is 61.5 Å². The van der Waals surface area contributed by atoms with Crippen LogP contribution in [-0.2, 0) is 18.0 Å². The van der Waals surface area contributed by atoms with Crippen LogP contribution in [-0.4, -0.2) is 10.9 Å². The Labute approximate surface area is 153 Å². The molecule has 0 saturated heterocycles. The van der Waals surface area contributed by atoms with Gasteiger partial charge in [0.2, 0.25) is 0 Å². The molecule has 26 heavy (non-hydrogen) atoms. The third-order valence-corrected chi connectivity index (χ3v) is 4.06. The number of aryl methyl sites for hydroxylation is 1. The van der Waals surface area contributed by atoms with Gasteiger partial charge >= 0.3 is 0 Å². The standard InChI is InChI=1S/C21H21N3O2/c1-16-6-2-3-7-18(16)15-26-24-21(25)19-8-4-5-9-20(19)23-14-17-10-12-22-13-11-17/h2-13,23H,14-15H2,1H3,(H,24,25). The monoisotopic (exact) mass is 347 g/mol. The van der Waals surface area contributed by atoms with Crippen LogP contribution in [0, 0.1) is 6.92 Å². The van der Waals surface area contributed by atoms with E-state index in [0.29, 0.717) is 18.7 Å². The summed E-state index contributed by atoms with van der Waals surface area (Å²) >= 11 is 0. The molecule has 0 aliphatic carbocycles. The van der Waals surface area contributed by atoms with Crippen LogP contribution < -0.4 is 10.8 Å². The topological polar surface area (TPSA) is 63.2 Å². The van der Waals surface area contributed by atoms with Gasteiger partial charge in [0, 0.05) is 24.6 Å². The van der Waals surface area contributed by atoms with E-state index in [0.717, 1.165) is 22.4 Å². The maximum absolute atomic E-state index is 12.5. The van der Waals surface area contributed by atoms with Crippen molar-refractivity contribution >= 4 is 11.6 Å². The van der Waals surface area contributed by atoms with E-state index < -0.39 is 0 Å². The van der Waals surface area contributed by atoms with Gasteiger partial charge in [-0.05, 0) is 47.9 Å². The van der Waals surface area contributed by atoms with Crippen molar-refractivity contribution in [2.24, 2.45) is 0 Å². The minimum absolute atomic E-state index is 0.281. The Hall–Kier alpha value is -3.18. The highest BCUT2D eigenvalue weighted by atomic mass is 16.6. The van der Waals surface area contributed by atoms with Crippen LogP contribution in [0.25, 0.3) is 0 Å². The first kappa shape index (κ1) is 17.6. The van der Waals surface area contributed by atoms with Crippen molar-refractivity contribution in [3.63, 3.8) is 0 Å². The first-order chi connectivity index (χ1) is 12.7. The zero-order chi connectivity index (χ0) is 18.2. The molecule has 0 aliphatic heterocycles. The Kier molecular flexibility index (Phi) is 5.96. The average molecular weight is 347 g/mol. The van der Waals surface area contributed by atoms with E-state index in [1.165, 1.54) is 0 Å². The molecule has 0 aliphatic rings. The van der Waals surface area contributed by atoms with Crippen LogP contribution in [0.5, 0.6) is 0 Å². The minimum atomic E-state index is -0.281. The van der Waals surface area contributed by atoms with Gasteiger partial charge in [0.25, 0.3) is 5.91 Å². The maximum Gasteiger partial charge on any atom is 0.276 e. The molecule has 1 amide bonds. The summed E-state index contributed by atoms with van der Waals surface area (Å²) in [6.45, 7) is 2.95. The predicted molar refractivity (Wildman–Crippen MR) is 101 cm³/mol. The number of hydroxylamine groups is 1. The number of carbonyl (C=O) groups is 1. The average Bonchev–Trinajstić information content (AvgIpc) is 2.69. The number of nitrogens with one attached hydrogen (secondary N) is 2. The third-order valence-electron chi connectivity index (χ3n) is 4.06. The van der Waals surface area contributed by atoms with Gasteiger partial charge < -0.3 is 5.32 Å². The number of anilines is 1. The van der Waals surface area contributed by atoms with Gasteiger partial charge in [0.05, 0.1) is 5.56 Å². The number of benzene rings is 2. The van der Waals surface area contributed by atoms with Crippen molar-refractivity contribution in [2.75, 3.05) is 5.32 Å². The molecule has 0 bridgehead atoms. The SMILES string of the molecule is Cc1ccccc1CONC(=O)c1ccccc1NCc1ccncc1. The zero-order valence-corrected chi connectivity index (χ0v) is 14.6. The Bertz CT molecular complexity index is 866. The number of para-hydroxylation sites is 1. The molecule has 0 atom stereocenters. The van der Waals surface area contributed by atoms with E-state index in [9.17, 15) is 4.79 Å². The Morgan fingerprint density at radius 3 is 2.54 bits per heavy atom. The molecule has 0 saturated carbocycles. The number of hydrogen-bond donors (Lipinski definition) is 2. The van der Waals surface area contributed by atoms with Gasteiger partial charge in [-0.1, -0.05) is 36.4 Å². The number of nitrogens with zero attached hydrogens (tertiary/aromatic N) is 1. The first-order valence-corrected chi connectivity index (χ1v) is 8.42. The maximum atomic E-state index is 12.5. The molecular formula is C21H21N3O2. The van der Waals surface area contributed by atoms with Gasteiger partial charge in [-0.15, -0.1) is 0 Å². The number of hydrogen-bond acceptors (Lipinski definition) is 4. The summed E-state index contributed by atoms with van der Waals surface area (Å²) < 4.78 is 0. The predicted octanol–water partition coefficient (Wildman–Crippen LogP) is 3.86. The number of carbonyl (C=O) groups excluding carboxylic acids is 1. The molecule has 2 aromatic carbocycles. The molecule has 2 N–H and O–H groups in total. The summed E-state index contributed by atoms with van der Waals surface area (Å²) in [5.41, 5.74) is 7.06. The molecular weight excluding hydrogens is 326 g/mol. The zero-order valence-electron chi connectivity index (χ0n) is 14.6. The number of pyridine rings is 1. The molecule has 5 nitrogen and oxygen atoms in total. The van der Waals surface area contributed by atoms with Crippen LogP contribution in [0.2, 0.25) is 0 Å². The lowest BCUT2D eigenvalue weighted by atomic mass is 10.1. The molecule has 5 heteroatoms. The second kappa shape index (κ2) is 8.78. The van der Waals surface area contributed by atoms with E-state index >= 15 is 0 Å². The van der Waals surface area contributed by atoms with E-state index in [1.54, 1.807) is 18.5 Å². The second-order valence-corrected chi connectivity index (χ2v) is 5.90. The van der Waals surface area contributed by atoms with Crippen LogP contribution in [0.15, 0.2) is 73.1 Å². The quantitative estimate of drug-likeness (QED) is 0.637. The first-order valence-electron chi connectivity index (χ1n) is 8.42. The summed E-state index contributed by atoms with van der Waals surface area (Å²) in [4.78, 5) is 21.9. The summed E-state index contributed by atoms with van der Waals surface area (Å²) in [6.07, 6.45) is 3.49. The van der Waals surface area contributed by atoms with Crippen molar-refractivity contribution in [3.8, 4) is 0 Å². The molecule has 0 spiro atoms. The fourth-order valence-corrected chi connectivity index (χ4v) is 2.54. The number of aromatic nitrogens is 1. The largest absolute Gasteiger partial charge is 0.380 e. The Morgan fingerprint density at radius 2 is 1.73 bits per heavy atom. The molecule has 1 aromatic heterocycles. The molecule has 3 rings (SSSR count). The molecule has 132 valence electrons. The van der Waals surface area contributed by atoms with Gasteiger partial charge in [-0.2, -0.15) is 0 Å². The molecule has 3 aromatic rings. The van der Waals surface area contributed by atoms with Crippen molar-refractivity contribution in [1.82, 2.24) is 10.5 Å². The normalized spacial score (nSPS) is 10.3. The lowest BCUT2D eigenvalue weighted by molar-refractivity contribution is 0.0232. The highest BCUT2D eigenvalue weighted by Crippen LogP contribution is 2.16. The van der Waals surface area contributed by atoms with E-state index in [-0.39, 0.29) is 5.91 Å². The smallest absolute Gasteiger partial charge is 0.276 e.